The Bertz CT molecular complexity index is 657. The zero-order chi connectivity index (χ0) is 15.7. The molecule has 1 heterocycles. The van der Waals surface area contributed by atoms with Crippen LogP contribution in [0.2, 0.25) is 0 Å². The highest BCUT2D eigenvalue weighted by Crippen LogP contribution is 2.51. The highest BCUT2D eigenvalue weighted by atomic mass is 16.6. The first-order chi connectivity index (χ1) is 10.5. The number of hydrogen-bond donors (Lipinski definition) is 0. The summed E-state index contributed by atoms with van der Waals surface area (Å²) >= 11 is 0. The second-order valence-electron chi connectivity index (χ2n) is 6.09. The molecule has 1 fully saturated rings. The van der Waals surface area contributed by atoms with E-state index in [-0.39, 0.29) is 23.4 Å². The van der Waals surface area contributed by atoms with Gasteiger partial charge in [-0.3, -0.25) is 0 Å². The minimum atomic E-state index is -0.296. The molecule has 114 valence electrons. The molecular formula is C19H20O3. The molecule has 0 aromatic heterocycles. The van der Waals surface area contributed by atoms with Crippen LogP contribution in [0.5, 0.6) is 0 Å². The van der Waals surface area contributed by atoms with Gasteiger partial charge in [0.05, 0.1) is 7.11 Å². The molecule has 0 bridgehead atoms. The molecule has 1 aromatic carbocycles. The highest BCUT2D eigenvalue weighted by Gasteiger charge is 2.49. The SMILES string of the molecule is C=C1C(=O)O[C@H](c2ccccc2)[C@@H]1C1(C)C=CC(OC)=CC1. The molecule has 22 heavy (non-hydrogen) atoms. The molecule has 1 aliphatic heterocycles. The van der Waals surface area contributed by atoms with Crippen LogP contribution in [0.25, 0.3) is 0 Å². The average molecular weight is 296 g/mol. The van der Waals surface area contributed by atoms with Gasteiger partial charge in [0, 0.05) is 16.9 Å². The van der Waals surface area contributed by atoms with Crippen molar-refractivity contribution in [3.8, 4) is 0 Å². The largest absolute Gasteiger partial charge is 0.497 e. The first kappa shape index (κ1) is 14.6. The van der Waals surface area contributed by atoms with Crippen molar-refractivity contribution in [2.24, 2.45) is 11.3 Å². The minimum absolute atomic E-state index is 0.0756. The molecule has 1 saturated heterocycles. The Morgan fingerprint density at radius 2 is 2.05 bits per heavy atom. The quantitative estimate of drug-likeness (QED) is 0.626. The molecule has 0 radical (unpaired) electrons. The monoisotopic (exact) mass is 296 g/mol. The van der Waals surface area contributed by atoms with Crippen LogP contribution in [0.1, 0.15) is 25.0 Å². The third-order valence-corrected chi connectivity index (χ3v) is 4.62. The summed E-state index contributed by atoms with van der Waals surface area (Å²) in [7, 11) is 1.66. The van der Waals surface area contributed by atoms with Gasteiger partial charge in [0.15, 0.2) is 0 Å². The van der Waals surface area contributed by atoms with Gasteiger partial charge >= 0.3 is 5.97 Å². The van der Waals surface area contributed by atoms with E-state index in [1.54, 1.807) is 7.11 Å². The van der Waals surface area contributed by atoms with Crippen LogP contribution in [-0.2, 0) is 14.3 Å². The summed E-state index contributed by atoms with van der Waals surface area (Å²) in [6, 6.07) is 9.87. The van der Waals surface area contributed by atoms with Crippen LogP contribution in [0, 0.1) is 11.3 Å². The molecule has 2 aliphatic rings. The molecule has 0 amide bonds. The first-order valence-corrected chi connectivity index (χ1v) is 7.43. The standard InChI is InChI=1S/C19H20O3/c1-13-16(19(2)11-9-15(21-3)10-12-19)17(22-18(13)20)14-7-5-4-6-8-14/h4-11,16-17H,1,12H2,2-3H3/t16-,17-,19?/m1/s1. The number of allylic oxidation sites excluding steroid dienone is 3. The molecule has 3 rings (SSSR count). The number of hydrogen-bond acceptors (Lipinski definition) is 3. The molecule has 3 heteroatoms. The Kier molecular flexibility index (Phi) is 3.65. The van der Waals surface area contributed by atoms with Gasteiger partial charge in [-0.25, -0.2) is 4.79 Å². The number of benzene rings is 1. The van der Waals surface area contributed by atoms with E-state index >= 15 is 0 Å². The summed E-state index contributed by atoms with van der Waals surface area (Å²) in [5, 5.41) is 0. The zero-order valence-corrected chi connectivity index (χ0v) is 12.9. The lowest BCUT2D eigenvalue weighted by molar-refractivity contribution is -0.139. The number of rotatable bonds is 3. The molecule has 3 nitrogen and oxygen atoms in total. The summed E-state index contributed by atoms with van der Waals surface area (Å²) in [5.74, 6) is 0.480. The maximum atomic E-state index is 12.1. The first-order valence-electron chi connectivity index (χ1n) is 7.43. The van der Waals surface area contributed by atoms with Gasteiger partial charge in [-0.1, -0.05) is 49.9 Å². The summed E-state index contributed by atoms with van der Waals surface area (Å²) in [4.78, 5) is 12.1. The maximum absolute atomic E-state index is 12.1. The fourth-order valence-electron chi connectivity index (χ4n) is 3.33. The van der Waals surface area contributed by atoms with Crippen LogP contribution in [0.3, 0.4) is 0 Å². The summed E-state index contributed by atoms with van der Waals surface area (Å²) in [6.45, 7) is 6.13. The molecule has 0 spiro atoms. The van der Waals surface area contributed by atoms with Crippen molar-refractivity contribution in [3.63, 3.8) is 0 Å². The summed E-state index contributed by atoms with van der Waals surface area (Å²) in [6.07, 6.45) is 6.63. The fraction of sp³-hybridized carbons (Fsp3) is 0.316. The van der Waals surface area contributed by atoms with Crippen molar-refractivity contribution in [2.75, 3.05) is 7.11 Å². The van der Waals surface area contributed by atoms with Crippen molar-refractivity contribution >= 4 is 5.97 Å². The lowest BCUT2D eigenvalue weighted by atomic mass is 9.67. The molecule has 1 aromatic rings. The summed E-state index contributed by atoms with van der Waals surface area (Å²) < 4.78 is 10.9. The van der Waals surface area contributed by atoms with Gasteiger partial charge in [0.2, 0.25) is 0 Å². The average Bonchev–Trinajstić information content (AvgIpc) is 2.85. The van der Waals surface area contributed by atoms with E-state index in [1.807, 2.05) is 36.4 Å². The van der Waals surface area contributed by atoms with Crippen molar-refractivity contribution in [3.05, 3.63) is 72.0 Å². The third kappa shape index (κ3) is 2.37. The maximum Gasteiger partial charge on any atom is 0.334 e. The zero-order valence-electron chi connectivity index (χ0n) is 12.9. The second-order valence-corrected chi connectivity index (χ2v) is 6.09. The normalized spacial score (nSPS) is 30.9. The molecule has 1 unspecified atom stereocenters. The van der Waals surface area contributed by atoms with E-state index in [0.29, 0.717) is 5.57 Å². The van der Waals surface area contributed by atoms with E-state index < -0.39 is 0 Å². The third-order valence-electron chi connectivity index (χ3n) is 4.62. The van der Waals surface area contributed by atoms with Gasteiger partial charge in [0.1, 0.15) is 11.9 Å². The Hall–Kier alpha value is -2.29. The Labute approximate surface area is 130 Å². The van der Waals surface area contributed by atoms with Gasteiger partial charge in [-0.05, 0) is 24.1 Å². The van der Waals surface area contributed by atoms with Crippen molar-refractivity contribution in [2.45, 2.75) is 19.4 Å². The van der Waals surface area contributed by atoms with Gasteiger partial charge in [-0.2, -0.15) is 0 Å². The number of ether oxygens (including phenoxy) is 2. The Morgan fingerprint density at radius 1 is 1.32 bits per heavy atom. The lowest BCUT2D eigenvalue weighted by Gasteiger charge is -2.36. The van der Waals surface area contributed by atoms with Gasteiger partial charge < -0.3 is 9.47 Å². The van der Waals surface area contributed by atoms with Crippen LogP contribution in [0.4, 0.5) is 0 Å². The van der Waals surface area contributed by atoms with Crippen LogP contribution in [-0.4, -0.2) is 13.1 Å². The number of carbonyl (C=O) groups is 1. The molecule has 1 aliphatic carbocycles. The number of carbonyl (C=O) groups excluding carboxylic acids is 1. The Morgan fingerprint density at radius 3 is 2.64 bits per heavy atom. The van der Waals surface area contributed by atoms with Crippen molar-refractivity contribution in [1.82, 2.24) is 0 Å². The van der Waals surface area contributed by atoms with Crippen LogP contribution in [0.15, 0.2) is 66.5 Å². The topological polar surface area (TPSA) is 35.5 Å². The van der Waals surface area contributed by atoms with Crippen molar-refractivity contribution in [1.29, 1.82) is 0 Å². The minimum Gasteiger partial charge on any atom is -0.497 e. The molecule has 3 atom stereocenters. The van der Waals surface area contributed by atoms with E-state index in [4.69, 9.17) is 9.47 Å². The van der Waals surface area contributed by atoms with E-state index in [1.165, 1.54) is 0 Å². The van der Waals surface area contributed by atoms with Crippen LogP contribution >= 0.6 is 0 Å². The van der Waals surface area contributed by atoms with Gasteiger partial charge in [-0.15, -0.1) is 0 Å². The Balaban J connectivity index is 1.96. The second kappa shape index (κ2) is 5.48. The molecular weight excluding hydrogens is 276 g/mol. The van der Waals surface area contributed by atoms with Gasteiger partial charge in [0.25, 0.3) is 0 Å². The number of esters is 1. The van der Waals surface area contributed by atoms with E-state index in [9.17, 15) is 4.79 Å². The number of methoxy groups -OCH3 is 1. The predicted molar refractivity (Wildman–Crippen MR) is 84.9 cm³/mol. The van der Waals surface area contributed by atoms with E-state index in [2.05, 4.69) is 25.7 Å². The molecule has 0 N–H and O–H groups in total. The fourth-order valence-corrected chi connectivity index (χ4v) is 3.33. The highest BCUT2D eigenvalue weighted by molar-refractivity contribution is 5.91. The lowest BCUT2D eigenvalue weighted by Crippen LogP contribution is -2.30. The smallest absolute Gasteiger partial charge is 0.334 e. The number of cyclic esters (lactones) is 1. The van der Waals surface area contributed by atoms with Crippen LogP contribution < -0.4 is 0 Å². The predicted octanol–water partition coefficient (Wildman–Crippen LogP) is 3.95. The molecule has 0 saturated carbocycles. The van der Waals surface area contributed by atoms with E-state index in [0.717, 1.165) is 17.7 Å². The van der Waals surface area contributed by atoms with Crippen molar-refractivity contribution < 1.29 is 14.3 Å². The summed E-state index contributed by atoms with van der Waals surface area (Å²) in [5.41, 5.74) is 1.34.